The molecule has 0 aliphatic heterocycles. The Morgan fingerprint density at radius 1 is 1.47 bits per heavy atom. The van der Waals surface area contributed by atoms with Crippen molar-refractivity contribution in [1.29, 1.82) is 0 Å². The van der Waals surface area contributed by atoms with Crippen molar-refractivity contribution in [3.8, 4) is 0 Å². The second-order valence-corrected chi connectivity index (χ2v) is 6.36. The Hall–Kier alpha value is -1.42. The second-order valence-electron chi connectivity index (χ2n) is 6.36. The first-order valence-corrected chi connectivity index (χ1v) is 7.09. The predicted octanol–water partition coefficient (Wildman–Crippen LogP) is 2.71. The molecule has 2 aromatic heterocycles. The molecular formula is C15H22N4. The zero-order chi connectivity index (χ0) is 13.5. The number of hydrogen-bond acceptors (Lipinski definition) is 3. The molecule has 2 heterocycles. The lowest BCUT2D eigenvalue weighted by Crippen LogP contribution is -2.37. The SMILES string of the molecule is Cc1cc2ncc(CNC3CCCC3(C)C)cn2n1. The molecule has 0 radical (unpaired) electrons. The van der Waals surface area contributed by atoms with E-state index in [4.69, 9.17) is 0 Å². The van der Waals surface area contributed by atoms with Gasteiger partial charge in [0.2, 0.25) is 0 Å². The third-order valence-electron chi connectivity index (χ3n) is 4.30. The Morgan fingerprint density at radius 3 is 3.05 bits per heavy atom. The fourth-order valence-corrected chi connectivity index (χ4v) is 3.07. The van der Waals surface area contributed by atoms with Crippen LogP contribution in [0, 0.1) is 12.3 Å². The van der Waals surface area contributed by atoms with E-state index in [2.05, 4.69) is 35.4 Å². The summed E-state index contributed by atoms with van der Waals surface area (Å²) in [6, 6.07) is 2.61. The van der Waals surface area contributed by atoms with Crippen LogP contribution in [0.15, 0.2) is 18.5 Å². The molecule has 1 aliphatic rings. The molecule has 1 saturated carbocycles. The summed E-state index contributed by atoms with van der Waals surface area (Å²) in [7, 11) is 0. The lowest BCUT2D eigenvalue weighted by Gasteiger charge is -2.27. The number of hydrogen-bond donors (Lipinski definition) is 1. The highest BCUT2D eigenvalue weighted by Gasteiger charge is 2.33. The van der Waals surface area contributed by atoms with Crippen LogP contribution in [-0.2, 0) is 6.54 Å². The average molecular weight is 258 g/mol. The lowest BCUT2D eigenvalue weighted by molar-refractivity contribution is 0.282. The number of nitrogens with zero attached hydrogens (tertiary/aromatic N) is 3. The summed E-state index contributed by atoms with van der Waals surface area (Å²) < 4.78 is 1.87. The fourth-order valence-electron chi connectivity index (χ4n) is 3.07. The molecule has 1 unspecified atom stereocenters. The largest absolute Gasteiger partial charge is 0.309 e. The van der Waals surface area contributed by atoms with E-state index in [9.17, 15) is 0 Å². The predicted molar refractivity (Wildman–Crippen MR) is 76.0 cm³/mol. The minimum atomic E-state index is 0.416. The van der Waals surface area contributed by atoms with Gasteiger partial charge in [-0.3, -0.25) is 0 Å². The van der Waals surface area contributed by atoms with Crippen LogP contribution in [0.1, 0.15) is 44.4 Å². The van der Waals surface area contributed by atoms with E-state index in [1.165, 1.54) is 24.8 Å². The number of rotatable bonds is 3. The van der Waals surface area contributed by atoms with Crippen LogP contribution in [-0.4, -0.2) is 20.6 Å². The van der Waals surface area contributed by atoms with Crippen molar-refractivity contribution in [1.82, 2.24) is 19.9 Å². The molecule has 4 nitrogen and oxygen atoms in total. The highest BCUT2D eigenvalue weighted by molar-refractivity contribution is 5.38. The van der Waals surface area contributed by atoms with Gasteiger partial charge in [0, 0.05) is 36.6 Å². The minimum absolute atomic E-state index is 0.416. The Kier molecular flexibility index (Phi) is 3.05. The van der Waals surface area contributed by atoms with Crippen LogP contribution >= 0.6 is 0 Å². The van der Waals surface area contributed by atoms with E-state index in [0.29, 0.717) is 11.5 Å². The van der Waals surface area contributed by atoms with Crippen molar-refractivity contribution in [2.45, 2.75) is 52.6 Å². The molecule has 0 amide bonds. The molecule has 3 rings (SSSR count). The van der Waals surface area contributed by atoms with Crippen molar-refractivity contribution in [3.05, 3.63) is 29.7 Å². The molecule has 0 saturated heterocycles. The van der Waals surface area contributed by atoms with Crippen molar-refractivity contribution >= 4 is 5.65 Å². The first-order valence-electron chi connectivity index (χ1n) is 7.09. The third kappa shape index (κ3) is 2.50. The smallest absolute Gasteiger partial charge is 0.155 e. The topological polar surface area (TPSA) is 42.2 Å². The average Bonchev–Trinajstić information content (AvgIpc) is 2.87. The van der Waals surface area contributed by atoms with E-state index >= 15 is 0 Å². The zero-order valence-corrected chi connectivity index (χ0v) is 12.0. The van der Waals surface area contributed by atoms with Crippen LogP contribution in [0.2, 0.25) is 0 Å². The zero-order valence-electron chi connectivity index (χ0n) is 12.0. The molecule has 0 bridgehead atoms. The Morgan fingerprint density at radius 2 is 2.32 bits per heavy atom. The third-order valence-corrected chi connectivity index (χ3v) is 4.30. The molecule has 1 fully saturated rings. The van der Waals surface area contributed by atoms with Crippen LogP contribution in [0.4, 0.5) is 0 Å². The monoisotopic (exact) mass is 258 g/mol. The standard InChI is InChI=1S/C15H22N4/c1-11-7-14-17-9-12(10-19(14)18-11)8-16-13-5-4-6-15(13,2)3/h7,9-10,13,16H,4-6,8H2,1-3H3. The lowest BCUT2D eigenvalue weighted by atomic mass is 9.87. The summed E-state index contributed by atoms with van der Waals surface area (Å²) in [5.41, 5.74) is 3.54. The normalized spacial score (nSPS) is 22.2. The van der Waals surface area contributed by atoms with E-state index in [1.807, 2.05) is 23.7 Å². The molecule has 4 heteroatoms. The molecule has 102 valence electrons. The number of fused-ring (bicyclic) bond motifs is 1. The minimum Gasteiger partial charge on any atom is -0.309 e. The maximum Gasteiger partial charge on any atom is 0.155 e. The molecule has 1 aliphatic carbocycles. The highest BCUT2D eigenvalue weighted by Crippen LogP contribution is 2.37. The first-order chi connectivity index (χ1) is 9.04. The van der Waals surface area contributed by atoms with E-state index in [0.717, 1.165) is 17.9 Å². The van der Waals surface area contributed by atoms with Gasteiger partial charge in [-0.2, -0.15) is 5.10 Å². The molecular weight excluding hydrogens is 236 g/mol. The number of nitrogens with one attached hydrogen (secondary N) is 1. The number of aromatic nitrogens is 3. The fraction of sp³-hybridized carbons (Fsp3) is 0.600. The van der Waals surface area contributed by atoms with Gasteiger partial charge >= 0.3 is 0 Å². The van der Waals surface area contributed by atoms with E-state index < -0.39 is 0 Å². The molecule has 0 spiro atoms. The molecule has 1 atom stereocenters. The Labute approximate surface area is 114 Å². The van der Waals surface area contributed by atoms with Gasteiger partial charge in [-0.15, -0.1) is 0 Å². The van der Waals surface area contributed by atoms with Crippen molar-refractivity contribution in [2.75, 3.05) is 0 Å². The summed E-state index contributed by atoms with van der Waals surface area (Å²) >= 11 is 0. The molecule has 1 N–H and O–H groups in total. The van der Waals surface area contributed by atoms with Crippen molar-refractivity contribution < 1.29 is 0 Å². The summed E-state index contributed by atoms with van der Waals surface area (Å²) in [6.45, 7) is 7.58. The Bertz CT molecular complexity index is 585. The van der Waals surface area contributed by atoms with Gasteiger partial charge in [0.15, 0.2) is 5.65 Å². The molecule has 0 aromatic carbocycles. The highest BCUT2D eigenvalue weighted by atomic mass is 15.2. The van der Waals surface area contributed by atoms with Gasteiger partial charge in [-0.05, 0) is 25.2 Å². The van der Waals surface area contributed by atoms with Crippen molar-refractivity contribution in [3.63, 3.8) is 0 Å². The second kappa shape index (κ2) is 4.60. The maximum absolute atomic E-state index is 4.44. The van der Waals surface area contributed by atoms with Crippen LogP contribution in [0.25, 0.3) is 5.65 Å². The van der Waals surface area contributed by atoms with Gasteiger partial charge in [0.05, 0.1) is 5.69 Å². The van der Waals surface area contributed by atoms with Gasteiger partial charge in [-0.25, -0.2) is 9.50 Å². The van der Waals surface area contributed by atoms with Gasteiger partial charge in [-0.1, -0.05) is 20.3 Å². The van der Waals surface area contributed by atoms with E-state index in [-0.39, 0.29) is 0 Å². The summed E-state index contributed by atoms with van der Waals surface area (Å²) in [6.07, 6.45) is 7.96. The number of aryl methyl sites for hydroxylation is 1. The van der Waals surface area contributed by atoms with Crippen LogP contribution in [0.3, 0.4) is 0 Å². The van der Waals surface area contributed by atoms with Crippen LogP contribution in [0.5, 0.6) is 0 Å². The van der Waals surface area contributed by atoms with Crippen LogP contribution < -0.4 is 5.32 Å². The summed E-state index contributed by atoms with van der Waals surface area (Å²) in [5, 5.41) is 8.09. The molecule has 19 heavy (non-hydrogen) atoms. The van der Waals surface area contributed by atoms with Gasteiger partial charge in [0.25, 0.3) is 0 Å². The first kappa shape index (κ1) is 12.6. The quantitative estimate of drug-likeness (QED) is 0.920. The Balaban J connectivity index is 1.71. The van der Waals surface area contributed by atoms with Crippen molar-refractivity contribution in [2.24, 2.45) is 5.41 Å². The molecule has 2 aromatic rings. The van der Waals surface area contributed by atoms with Gasteiger partial charge in [0.1, 0.15) is 0 Å². The van der Waals surface area contributed by atoms with Gasteiger partial charge < -0.3 is 5.32 Å². The summed E-state index contributed by atoms with van der Waals surface area (Å²) in [4.78, 5) is 4.44. The summed E-state index contributed by atoms with van der Waals surface area (Å²) in [5.74, 6) is 0. The van der Waals surface area contributed by atoms with E-state index in [1.54, 1.807) is 0 Å². The maximum atomic E-state index is 4.44.